The van der Waals surface area contributed by atoms with Gasteiger partial charge in [-0.25, -0.2) is 13.6 Å². The highest BCUT2D eigenvalue weighted by Gasteiger charge is 2.27. The lowest BCUT2D eigenvalue weighted by Crippen LogP contribution is -2.46. The molecule has 2 amide bonds. The summed E-state index contributed by atoms with van der Waals surface area (Å²) >= 11 is 5.72. The molecule has 9 nitrogen and oxygen atoms in total. The molecular formula is C20H18ClF2N3O6. The van der Waals surface area contributed by atoms with E-state index in [1.165, 1.54) is 12.1 Å². The molecule has 0 saturated carbocycles. The molecule has 32 heavy (non-hydrogen) atoms. The van der Waals surface area contributed by atoms with E-state index >= 15 is 0 Å². The summed E-state index contributed by atoms with van der Waals surface area (Å²) in [6.07, 6.45) is 0. The van der Waals surface area contributed by atoms with E-state index in [1.807, 2.05) is 0 Å². The standard InChI is InChI=1S/C20H18ClF2N3O6/c1-10(2)18(25-19(28)11-3-5-13(21)16(7-11)26(30)31)20(29)32-9-17(27)24-12-4-6-14(22)15(23)8-12/h3-8,10,18H,9H2,1-2H3,(H,24,27)(H,25,28)/t18-/m0/s1. The van der Waals surface area contributed by atoms with Crippen LogP contribution in [-0.2, 0) is 14.3 Å². The number of carbonyl (C=O) groups is 3. The molecular weight excluding hydrogens is 452 g/mol. The van der Waals surface area contributed by atoms with Gasteiger partial charge in [-0.05, 0) is 30.2 Å². The number of amides is 2. The van der Waals surface area contributed by atoms with Gasteiger partial charge in [-0.15, -0.1) is 0 Å². The van der Waals surface area contributed by atoms with Gasteiger partial charge in [0, 0.05) is 23.4 Å². The Balaban J connectivity index is 2.00. The number of hydrogen-bond donors (Lipinski definition) is 2. The monoisotopic (exact) mass is 469 g/mol. The molecule has 0 aliphatic carbocycles. The van der Waals surface area contributed by atoms with E-state index in [9.17, 15) is 33.3 Å². The molecule has 0 unspecified atom stereocenters. The molecule has 2 N–H and O–H groups in total. The van der Waals surface area contributed by atoms with Crippen molar-refractivity contribution in [1.29, 1.82) is 0 Å². The van der Waals surface area contributed by atoms with Crippen molar-refractivity contribution in [3.8, 4) is 0 Å². The maximum Gasteiger partial charge on any atom is 0.329 e. The number of ether oxygens (including phenoxy) is 1. The summed E-state index contributed by atoms with van der Waals surface area (Å²) in [4.78, 5) is 47.0. The van der Waals surface area contributed by atoms with Gasteiger partial charge in [-0.3, -0.25) is 19.7 Å². The molecule has 0 fully saturated rings. The maximum absolute atomic E-state index is 13.2. The molecule has 12 heteroatoms. The fraction of sp³-hybridized carbons (Fsp3) is 0.250. The number of nitro groups is 1. The number of benzene rings is 2. The predicted molar refractivity (Wildman–Crippen MR) is 110 cm³/mol. The van der Waals surface area contributed by atoms with E-state index in [-0.39, 0.29) is 16.3 Å². The maximum atomic E-state index is 13.2. The fourth-order valence-corrected chi connectivity index (χ4v) is 2.70. The quantitative estimate of drug-likeness (QED) is 0.346. The third kappa shape index (κ3) is 6.45. The molecule has 1 atom stereocenters. The molecule has 2 aromatic rings. The topological polar surface area (TPSA) is 128 Å². The fourth-order valence-electron chi connectivity index (χ4n) is 2.51. The first-order valence-electron chi connectivity index (χ1n) is 9.16. The van der Waals surface area contributed by atoms with Crippen LogP contribution >= 0.6 is 11.6 Å². The minimum Gasteiger partial charge on any atom is -0.454 e. The van der Waals surface area contributed by atoms with Crippen molar-refractivity contribution >= 4 is 40.8 Å². The number of nitrogens with zero attached hydrogens (tertiary/aromatic N) is 1. The smallest absolute Gasteiger partial charge is 0.329 e. The minimum atomic E-state index is -1.17. The zero-order chi connectivity index (χ0) is 24.0. The zero-order valence-electron chi connectivity index (χ0n) is 16.9. The number of carbonyl (C=O) groups excluding carboxylic acids is 3. The Hall–Kier alpha value is -3.60. The van der Waals surface area contributed by atoms with Gasteiger partial charge in [-0.1, -0.05) is 25.4 Å². The van der Waals surface area contributed by atoms with Gasteiger partial charge in [-0.2, -0.15) is 0 Å². The van der Waals surface area contributed by atoms with Crippen LogP contribution in [0.1, 0.15) is 24.2 Å². The summed E-state index contributed by atoms with van der Waals surface area (Å²) in [6, 6.07) is 4.94. The molecule has 0 saturated heterocycles. The van der Waals surface area contributed by atoms with Crippen LogP contribution in [0.3, 0.4) is 0 Å². The van der Waals surface area contributed by atoms with Gasteiger partial charge in [0.25, 0.3) is 17.5 Å². The second-order valence-corrected chi connectivity index (χ2v) is 7.31. The lowest BCUT2D eigenvalue weighted by molar-refractivity contribution is -0.384. The Kier molecular flexibility index (Phi) is 8.19. The highest BCUT2D eigenvalue weighted by atomic mass is 35.5. The summed E-state index contributed by atoms with van der Waals surface area (Å²) in [5.41, 5.74) is -0.615. The third-order valence-corrected chi connectivity index (χ3v) is 4.48. The average Bonchev–Trinajstić information content (AvgIpc) is 2.72. The molecule has 0 heterocycles. The molecule has 0 aliphatic heterocycles. The van der Waals surface area contributed by atoms with E-state index in [4.69, 9.17) is 16.3 Å². The van der Waals surface area contributed by atoms with Crippen molar-refractivity contribution in [2.75, 3.05) is 11.9 Å². The second kappa shape index (κ2) is 10.6. The van der Waals surface area contributed by atoms with E-state index in [1.54, 1.807) is 13.8 Å². The first-order valence-corrected chi connectivity index (χ1v) is 9.53. The molecule has 0 aromatic heterocycles. The van der Waals surface area contributed by atoms with Gasteiger partial charge in [0.2, 0.25) is 0 Å². The van der Waals surface area contributed by atoms with Gasteiger partial charge in [0.15, 0.2) is 18.2 Å². The van der Waals surface area contributed by atoms with Crippen LogP contribution in [0.4, 0.5) is 20.2 Å². The Morgan fingerprint density at radius 2 is 1.81 bits per heavy atom. The lowest BCUT2D eigenvalue weighted by atomic mass is 10.0. The number of nitrogens with one attached hydrogen (secondary N) is 2. The van der Waals surface area contributed by atoms with Crippen molar-refractivity contribution in [2.24, 2.45) is 5.92 Å². The van der Waals surface area contributed by atoms with E-state index in [2.05, 4.69) is 10.6 Å². The number of anilines is 1. The molecule has 0 aliphatic rings. The van der Waals surface area contributed by atoms with Crippen LogP contribution in [0.25, 0.3) is 0 Å². The van der Waals surface area contributed by atoms with E-state index in [0.29, 0.717) is 0 Å². The number of esters is 1. The van der Waals surface area contributed by atoms with Crippen molar-refractivity contribution in [3.63, 3.8) is 0 Å². The molecule has 2 aromatic carbocycles. The van der Waals surface area contributed by atoms with Crippen LogP contribution in [0.15, 0.2) is 36.4 Å². The van der Waals surface area contributed by atoms with Crippen LogP contribution in [0.2, 0.25) is 5.02 Å². The summed E-state index contributed by atoms with van der Waals surface area (Å²) < 4.78 is 31.0. The predicted octanol–water partition coefficient (Wildman–Crippen LogP) is 3.46. The van der Waals surface area contributed by atoms with Crippen LogP contribution < -0.4 is 10.6 Å². The van der Waals surface area contributed by atoms with Gasteiger partial charge >= 0.3 is 5.97 Å². The summed E-state index contributed by atoms with van der Waals surface area (Å²) in [5, 5.41) is 15.5. The number of nitro benzene ring substituents is 1. The number of rotatable bonds is 8. The van der Waals surface area contributed by atoms with Crippen molar-refractivity contribution in [2.45, 2.75) is 19.9 Å². The summed E-state index contributed by atoms with van der Waals surface area (Å²) in [6.45, 7) is 2.47. The van der Waals surface area contributed by atoms with Crippen LogP contribution in [-0.4, -0.2) is 35.4 Å². The van der Waals surface area contributed by atoms with Crippen molar-refractivity contribution in [1.82, 2.24) is 5.32 Å². The second-order valence-electron chi connectivity index (χ2n) is 6.90. The Morgan fingerprint density at radius 1 is 1.12 bits per heavy atom. The van der Waals surface area contributed by atoms with Gasteiger partial charge in [0.1, 0.15) is 11.1 Å². The first kappa shape index (κ1) is 24.7. The number of hydrogen-bond acceptors (Lipinski definition) is 6. The summed E-state index contributed by atoms with van der Waals surface area (Å²) in [5.74, 6) is -5.24. The van der Waals surface area contributed by atoms with Crippen molar-refractivity contribution < 1.29 is 32.8 Å². The van der Waals surface area contributed by atoms with Gasteiger partial charge in [0.05, 0.1) is 4.92 Å². The number of halogens is 3. The normalized spacial score (nSPS) is 11.6. The van der Waals surface area contributed by atoms with Crippen molar-refractivity contribution in [3.05, 3.63) is 68.7 Å². The molecule has 170 valence electrons. The first-order chi connectivity index (χ1) is 15.0. The molecule has 0 spiro atoms. The molecule has 2 rings (SSSR count). The third-order valence-electron chi connectivity index (χ3n) is 4.16. The highest BCUT2D eigenvalue weighted by molar-refractivity contribution is 6.32. The van der Waals surface area contributed by atoms with Gasteiger partial charge < -0.3 is 15.4 Å². The molecule has 0 radical (unpaired) electrons. The Bertz CT molecular complexity index is 1060. The largest absolute Gasteiger partial charge is 0.454 e. The van der Waals surface area contributed by atoms with Crippen LogP contribution in [0.5, 0.6) is 0 Å². The SMILES string of the molecule is CC(C)[C@H](NC(=O)c1ccc(Cl)c([N+](=O)[O-])c1)C(=O)OCC(=O)Nc1ccc(F)c(F)c1. The summed E-state index contributed by atoms with van der Waals surface area (Å²) in [7, 11) is 0. The zero-order valence-corrected chi connectivity index (χ0v) is 17.6. The average molecular weight is 470 g/mol. The van der Waals surface area contributed by atoms with E-state index in [0.717, 1.165) is 24.3 Å². The highest BCUT2D eigenvalue weighted by Crippen LogP contribution is 2.25. The Labute approximate surface area is 185 Å². The molecule has 0 bridgehead atoms. The Morgan fingerprint density at radius 3 is 2.41 bits per heavy atom. The minimum absolute atomic E-state index is 0.0389. The van der Waals surface area contributed by atoms with E-state index < -0.39 is 58.6 Å². The lowest BCUT2D eigenvalue weighted by Gasteiger charge is -2.20. The van der Waals surface area contributed by atoms with Crippen LogP contribution in [0, 0.1) is 27.7 Å².